The Morgan fingerprint density at radius 2 is 1.95 bits per heavy atom. The standard InChI is InChI=1S/C15H12N2O4/c1-21-15(20)12-11(10(7-16)13(18)14(12)19)8-17-9-5-3-2-4-6-9/h2-6,8,17-19H,1H3/b11-8+. The van der Waals surface area contributed by atoms with Crippen molar-refractivity contribution in [3.05, 3.63) is 64.8 Å². The number of carbonyl (C=O) groups is 1. The topological polar surface area (TPSA) is 103 Å². The number of esters is 1. The molecule has 1 aromatic carbocycles. The number of hydrogen-bond acceptors (Lipinski definition) is 6. The first-order chi connectivity index (χ1) is 10.1. The smallest absolute Gasteiger partial charge is 0.342 e. The van der Waals surface area contributed by atoms with E-state index < -0.39 is 17.5 Å². The maximum atomic E-state index is 11.7. The van der Waals surface area contributed by atoms with Gasteiger partial charge in [0.1, 0.15) is 17.2 Å². The van der Waals surface area contributed by atoms with E-state index in [-0.39, 0.29) is 16.7 Å². The van der Waals surface area contributed by atoms with E-state index in [1.165, 1.54) is 6.20 Å². The number of methoxy groups -OCH3 is 1. The molecule has 106 valence electrons. The molecule has 6 nitrogen and oxygen atoms in total. The van der Waals surface area contributed by atoms with Crippen LogP contribution in [0.3, 0.4) is 0 Å². The van der Waals surface area contributed by atoms with Crippen LogP contribution in [0.25, 0.3) is 0 Å². The van der Waals surface area contributed by atoms with Crippen molar-refractivity contribution in [2.45, 2.75) is 0 Å². The first-order valence-electron chi connectivity index (χ1n) is 5.98. The molecule has 0 radical (unpaired) electrons. The minimum absolute atomic E-state index is 0.0724. The molecule has 0 heterocycles. The molecule has 0 amide bonds. The fourth-order valence-electron chi connectivity index (χ4n) is 1.87. The zero-order valence-electron chi connectivity index (χ0n) is 11.1. The van der Waals surface area contributed by atoms with E-state index in [1.54, 1.807) is 18.2 Å². The summed E-state index contributed by atoms with van der Waals surface area (Å²) >= 11 is 0. The first kappa shape index (κ1) is 14.2. The number of aliphatic hydroxyl groups excluding tert-OH is 2. The maximum Gasteiger partial charge on any atom is 0.342 e. The number of ether oxygens (including phenoxy) is 1. The molecule has 0 saturated heterocycles. The van der Waals surface area contributed by atoms with Gasteiger partial charge in [0.05, 0.1) is 7.11 Å². The molecule has 0 saturated carbocycles. The van der Waals surface area contributed by atoms with E-state index in [2.05, 4.69) is 10.1 Å². The maximum absolute atomic E-state index is 11.7. The van der Waals surface area contributed by atoms with Gasteiger partial charge in [-0.3, -0.25) is 0 Å². The van der Waals surface area contributed by atoms with Gasteiger partial charge in [0.15, 0.2) is 11.5 Å². The number of aliphatic hydroxyl groups is 2. The number of nitrogens with zero attached hydrogens (tertiary/aromatic N) is 1. The molecule has 6 heteroatoms. The van der Waals surface area contributed by atoms with E-state index in [4.69, 9.17) is 5.26 Å². The van der Waals surface area contributed by atoms with Gasteiger partial charge < -0.3 is 20.3 Å². The van der Waals surface area contributed by atoms with Crippen LogP contribution in [0, 0.1) is 11.3 Å². The van der Waals surface area contributed by atoms with Gasteiger partial charge in [-0.15, -0.1) is 0 Å². The summed E-state index contributed by atoms with van der Waals surface area (Å²) in [4.78, 5) is 11.7. The second-order valence-electron chi connectivity index (χ2n) is 4.12. The first-order valence-corrected chi connectivity index (χ1v) is 5.98. The summed E-state index contributed by atoms with van der Waals surface area (Å²) in [6.07, 6.45) is 1.36. The predicted octanol–water partition coefficient (Wildman–Crippen LogP) is 2.32. The second kappa shape index (κ2) is 5.84. The third-order valence-electron chi connectivity index (χ3n) is 2.89. The Kier molecular flexibility index (Phi) is 3.95. The highest BCUT2D eigenvalue weighted by molar-refractivity contribution is 5.99. The number of nitriles is 1. The summed E-state index contributed by atoms with van der Waals surface area (Å²) in [5, 5.41) is 31.4. The molecular formula is C15H12N2O4. The van der Waals surface area contributed by atoms with E-state index in [9.17, 15) is 15.0 Å². The van der Waals surface area contributed by atoms with Gasteiger partial charge in [0.25, 0.3) is 0 Å². The average Bonchev–Trinajstić information content (AvgIpc) is 2.76. The highest BCUT2D eigenvalue weighted by atomic mass is 16.5. The lowest BCUT2D eigenvalue weighted by atomic mass is 10.1. The number of allylic oxidation sites excluding steroid dienone is 1. The molecule has 2 rings (SSSR count). The molecule has 21 heavy (non-hydrogen) atoms. The Labute approximate surface area is 120 Å². The summed E-state index contributed by atoms with van der Waals surface area (Å²) in [7, 11) is 1.15. The molecule has 0 aromatic heterocycles. The summed E-state index contributed by atoms with van der Waals surface area (Å²) in [5.41, 5.74) is 0.340. The highest BCUT2D eigenvalue weighted by Gasteiger charge is 2.34. The van der Waals surface area contributed by atoms with Gasteiger partial charge >= 0.3 is 5.97 Å². The number of hydrogen-bond donors (Lipinski definition) is 3. The third-order valence-corrected chi connectivity index (χ3v) is 2.89. The molecule has 0 spiro atoms. The molecular weight excluding hydrogens is 272 g/mol. The SMILES string of the molecule is COC(=O)C1=C(O)C(O)=C(C#N)/C1=C\Nc1ccccc1. The van der Waals surface area contributed by atoms with E-state index in [0.717, 1.165) is 12.8 Å². The van der Waals surface area contributed by atoms with Crippen molar-refractivity contribution in [2.75, 3.05) is 12.4 Å². The monoisotopic (exact) mass is 284 g/mol. The predicted molar refractivity (Wildman–Crippen MR) is 75.1 cm³/mol. The Morgan fingerprint density at radius 3 is 2.52 bits per heavy atom. The minimum Gasteiger partial charge on any atom is -0.504 e. The number of para-hydroxylation sites is 1. The van der Waals surface area contributed by atoms with Crippen molar-refractivity contribution in [1.82, 2.24) is 0 Å². The van der Waals surface area contributed by atoms with Crippen LogP contribution in [0.5, 0.6) is 0 Å². The highest BCUT2D eigenvalue weighted by Crippen LogP contribution is 2.34. The number of anilines is 1. The second-order valence-corrected chi connectivity index (χ2v) is 4.12. The zero-order valence-corrected chi connectivity index (χ0v) is 11.1. The molecule has 0 aliphatic heterocycles. The molecule has 0 unspecified atom stereocenters. The lowest BCUT2D eigenvalue weighted by molar-refractivity contribution is -0.135. The fraction of sp³-hybridized carbons (Fsp3) is 0.0667. The molecule has 1 aliphatic rings. The number of nitrogens with one attached hydrogen (secondary N) is 1. The molecule has 1 aliphatic carbocycles. The van der Waals surface area contributed by atoms with Crippen LogP contribution in [0.2, 0.25) is 0 Å². The van der Waals surface area contributed by atoms with Crippen molar-refractivity contribution in [2.24, 2.45) is 0 Å². The van der Waals surface area contributed by atoms with E-state index in [0.29, 0.717) is 0 Å². The largest absolute Gasteiger partial charge is 0.504 e. The van der Waals surface area contributed by atoms with Gasteiger partial charge in [-0.05, 0) is 12.1 Å². The molecule has 3 N–H and O–H groups in total. The summed E-state index contributed by atoms with van der Waals surface area (Å²) in [5.74, 6) is -2.15. The summed E-state index contributed by atoms with van der Waals surface area (Å²) in [6, 6.07) is 10.8. The lowest BCUT2D eigenvalue weighted by Gasteiger charge is -2.06. The van der Waals surface area contributed by atoms with Crippen LogP contribution >= 0.6 is 0 Å². The lowest BCUT2D eigenvalue weighted by Crippen LogP contribution is -2.09. The van der Waals surface area contributed by atoms with Crippen molar-refractivity contribution in [3.8, 4) is 6.07 Å². The molecule has 0 atom stereocenters. The van der Waals surface area contributed by atoms with Crippen molar-refractivity contribution in [3.63, 3.8) is 0 Å². The zero-order chi connectivity index (χ0) is 15.4. The molecule has 0 fully saturated rings. The average molecular weight is 284 g/mol. The Bertz CT molecular complexity index is 709. The molecule has 0 bridgehead atoms. The summed E-state index contributed by atoms with van der Waals surface area (Å²) < 4.78 is 4.56. The minimum atomic E-state index is -0.842. The Hall–Kier alpha value is -3.20. The van der Waals surface area contributed by atoms with Gasteiger partial charge in [-0.25, -0.2) is 4.79 Å². The van der Waals surface area contributed by atoms with Crippen LogP contribution in [-0.2, 0) is 9.53 Å². The van der Waals surface area contributed by atoms with Gasteiger partial charge in [0.2, 0.25) is 0 Å². The number of carbonyl (C=O) groups excluding carboxylic acids is 1. The van der Waals surface area contributed by atoms with Crippen LogP contribution in [0.4, 0.5) is 5.69 Å². The normalized spacial score (nSPS) is 16.1. The Balaban J connectivity index is 2.43. The van der Waals surface area contributed by atoms with E-state index >= 15 is 0 Å². The van der Waals surface area contributed by atoms with Crippen LogP contribution in [0.15, 0.2) is 64.8 Å². The van der Waals surface area contributed by atoms with Crippen molar-refractivity contribution in [1.29, 1.82) is 5.26 Å². The van der Waals surface area contributed by atoms with Crippen LogP contribution in [0.1, 0.15) is 0 Å². The van der Waals surface area contributed by atoms with Crippen molar-refractivity contribution < 1.29 is 19.7 Å². The van der Waals surface area contributed by atoms with Gasteiger partial charge in [0, 0.05) is 17.5 Å². The van der Waals surface area contributed by atoms with Crippen LogP contribution < -0.4 is 5.32 Å². The molecule has 1 aromatic rings. The van der Waals surface area contributed by atoms with E-state index in [1.807, 2.05) is 18.2 Å². The van der Waals surface area contributed by atoms with Gasteiger partial charge in [-0.2, -0.15) is 5.26 Å². The third kappa shape index (κ3) is 2.58. The fourth-order valence-corrected chi connectivity index (χ4v) is 1.87. The number of rotatable bonds is 3. The summed E-state index contributed by atoms with van der Waals surface area (Å²) in [6.45, 7) is 0. The number of benzene rings is 1. The van der Waals surface area contributed by atoms with Crippen LogP contribution in [-0.4, -0.2) is 23.3 Å². The Morgan fingerprint density at radius 1 is 1.29 bits per heavy atom. The van der Waals surface area contributed by atoms with Gasteiger partial charge in [-0.1, -0.05) is 18.2 Å². The van der Waals surface area contributed by atoms with Crippen molar-refractivity contribution >= 4 is 11.7 Å². The quantitative estimate of drug-likeness (QED) is 0.736.